The van der Waals surface area contributed by atoms with Crippen LogP contribution in [0.3, 0.4) is 0 Å². The van der Waals surface area contributed by atoms with Gasteiger partial charge in [-0.25, -0.2) is 8.42 Å². The summed E-state index contributed by atoms with van der Waals surface area (Å²) in [5, 5.41) is 3.40. The van der Waals surface area contributed by atoms with Gasteiger partial charge < -0.3 is 10.2 Å². The molecule has 40 heavy (non-hydrogen) atoms. The fraction of sp³-hybridized carbons (Fsp3) is 0.355. The van der Waals surface area contributed by atoms with Crippen LogP contribution in [-0.2, 0) is 26.2 Å². The molecule has 0 radical (unpaired) electrons. The Morgan fingerprint density at radius 2 is 1.62 bits per heavy atom. The van der Waals surface area contributed by atoms with Crippen LogP contribution in [0.5, 0.6) is 0 Å². The number of nitrogens with one attached hydrogen (secondary N) is 1. The molecule has 0 heterocycles. The first-order chi connectivity index (χ1) is 19.1. The average molecular weight is 584 g/mol. The van der Waals surface area contributed by atoms with Crippen LogP contribution in [0.1, 0.15) is 49.8 Å². The van der Waals surface area contributed by atoms with Crippen LogP contribution in [0.25, 0.3) is 0 Å². The third-order valence-corrected chi connectivity index (χ3v) is 8.74. The second-order valence-corrected chi connectivity index (χ2v) is 12.1. The lowest BCUT2D eigenvalue weighted by Crippen LogP contribution is -2.52. The molecule has 1 N–H and O–H groups in total. The molecule has 214 valence electrons. The van der Waals surface area contributed by atoms with Gasteiger partial charge in [0, 0.05) is 18.1 Å². The van der Waals surface area contributed by atoms with Gasteiger partial charge >= 0.3 is 0 Å². The van der Waals surface area contributed by atoms with Crippen molar-refractivity contribution in [2.45, 2.75) is 64.4 Å². The zero-order valence-corrected chi connectivity index (χ0v) is 25.1. The van der Waals surface area contributed by atoms with Crippen LogP contribution >= 0.6 is 11.6 Å². The fourth-order valence-corrected chi connectivity index (χ4v) is 6.16. The molecule has 0 aliphatic heterocycles. The number of carbonyl (C=O) groups excluding carboxylic acids is 2. The Bertz CT molecular complexity index is 1400. The molecule has 1 atom stereocenters. The SMILES string of the molecule is CCCCNC(=O)[C@@H](CC)N(Cc1ccccc1)C(=O)CN(c1ccc(Cl)cc1C)S(=O)(=O)c1ccc(C)cc1. The summed E-state index contributed by atoms with van der Waals surface area (Å²) in [5.74, 6) is -0.734. The van der Waals surface area contributed by atoms with E-state index in [1.165, 1.54) is 17.0 Å². The number of aryl methyl sites for hydroxylation is 2. The Morgan fingerprint density at radius 1 is 0.950 bits per heavy atom. The Labute approximate surface area is 243 Å². The van der Waals surface area contributed by atoms with Crippen LogP contribution in [0.4, 0.5) is 5.69 Å². The number of nitrogens with zero attached hydrogens (tertiary/aromatic N) is 2. The lowest BCUT2D eigenvalue weighted by molar-refractivity contribution is -0.140. The lowest BCUT2D eigenvalue weighted by atomic mass is 10.1. The highest BCUT2D eigenvalue weighted by Gasteiger charge is 2.34. The highest BCUT2D eigenvalue weighted by molar-refractivity contribution is 7.92. The smallest absolute Gasteiger partial charge is 0.264 e. The van der Waals surface area contributed by atoms with E-state index in [0.717, 1.165) is 28.3 Å². The third-order valence-electron chi connectivity index (χ3n) is 6.73. The number of rotatable bonds is 13. The second kappa shape index (κ2) is 14.3. The standard InChI is InChI=1S/C31H38ClN3O4S/c1-5-7-19-33-31(37)28(6-2)34(21-25-11-9-8-10-12-25)30(36)22-35(29-18-15-26(32)20-24(29)4)40(38,39)27-16-13-23(3)14-17-27/h8-18,20,28H,5-7,19,21-22H2,1-4H3,(H,33,37)/t28-/m1/s1. The molecule has 0 saturated carbocycles. The van der Waals surface area contributed by atoms with Crippen molar-refractivity contribution in [2.75, 3.05) is 17.4 Å². The predicted molar refractivity (Wildman–Crippen MR) is 161 cm³/mol. The zero-order chi connectivity index (χ0) is 29.3. The molecule has 9 heteroatoms. The van der Waals surface area contributed by atoms with Gasteiger partial charge in [0.25, 0.3) is 10.0 Å². The van der Waals surface area contributed by atoms with Gasteiger partial charge in [0.05, 0.1) is 10.6 Å². The van der Waals surface area contributed by atoms with Gasteiger partial charge in [0.15, 0.2) is 0 Å². The normalized spacial score (nSPS) is 12.0. The van der Waals surface area contributed by atoms with Gasteiger partial charge in [-0.15, -0.1) is 0 Å². The van der Waals surface area contributed by atoms with Crippen molar-refractivity contribution < 1.29 is 18.0 Å². The van der Waals surface area contributed by atoms with E-state index < -0.39 is 28.5 Å². The molecule has 0 aliphatic carbocycles. The summed E-state index contributed by atoms with van der Waals surface area (Å²) in [6.45, 7) is 7.70. The Morgan fingerprint density at radius 3 is 2.23 bits per heavy atom. The third kappa shape index (κ3) is 7.86. The minimum atomic E-state index is -4.14. The molecule has 0 fully saturated rings. The lowest BCUT2D eigenvalue weighted by Gasteiger charge is -2.33. The highest BCUT2D eigenvalue weighted by Crippen LogP contribution is 2.29. The number of halogens is 1. The van der Waals surface area contributed by atoms with Crippen molar-refractivity contribution >= 4 is 39.1 Å². The van der Waals surface area contributed by atoms with Gasteiger partial charge in [0.2, 0.25) is 11.8 Å². The van der Waals surface area contributed by atoms with Crippen molar-refractivity contribution in [3.8, 4) is 0 Å². The zero-order valence-electron chi connectivity index (χ0n) is 23.6. The Kier molecular flexibility index (Phi) is 11.2. The monoisotopic (exact) mass is 583 g/mol. The van der Waals surface area contributed by atoms with Crippen LogP contribution in [0.2, 0.25) is 5.02 Å². The molecule has 3 aromatic carbocycles. The van der Waals surface area contributed by atoms with Crippen LogP contribution < -0.4 is 9.62 Å². The molecule has 2 amide bonds. The minimum absolute atomic E-state index is 0.0687. The van der Waals surface area contributed by atoms with Gasteiger partial charge in [-0.3, -0.25) is 13.9 Å². The maximum atomic E-state index is 14.1. The summed E-state index contributed by atoms with van der Waals surface area (Å²) in [6.07, 6.45) is 2.13. The van der Waals surface area contributed by atoms with E-state index in [0.29, 0.717) is 29.2 Å². The first-order valence-electron chi connectivity index (χ1n) is 13.5. The van der Waals surface area contributed by atoms with Crippen LogP contribution in [0, 0.1) is 13.8 Å². The minimum Gasteiger partial charge on any atom is -0.354 e. The Balaban J connectivity index is 2.05. The van der Waals surface area contributed by atoms with E-state index in [1.807, 2.05) is 51.1 Å². The van der Waals surface area contributed by atoms with Crippen LogP contribution in [0.15, 0.2) is 77.7 Å². The van der Waals surface area contributed by atoms with Crippen molar-refractivity contribution in [3.63, 3.8) is 0 Å². The number of anilines is 1. The fourth-order valence-electron chi connectivity index (χ4n) is 4.46. The van der Waals surface area contributed by atoms with Crippen LogP contribution in [-0.4, -0.2) is 44.3 Å². The molecule has 0 aromatic heterocycles. The molecule has 7 nitrogen and oxygen atoms in total. The molecule has 0 bridgehead atoms. The molecule has 0 unspecified atom stereocenters. The number of hydrogen-bond acceptors (Lipinski definition) is 4. The molecule has 0 spiro atoms. The van der Waals surface area contributed by atoms with E-state index in [9.17, 15) is 18.0 Å². The van der Waals surface area contributed by atoms with Gasteiger partial charge in [0.1, 0.15) is 12.6 Å². The quantitative estimate of drug-likeness (QED) is 0.255. The molecule has 0 aliphatic rings. The maximum absolute atomic E-state index is 14.1. The van der Waals surface area contributed by atoms with E-state index in [1.54, 1.807) is 37.3 Å². The number of sulfonamides is 1. The number of carbonyl (C=O) groups is 2. The largest absolute Gasteiger partial charge is 0.354 e. The number of unbranched alkanes of at least 4 members (excludes halogenated alkanes) is 1. The summed E-state index contributed by atoms with van der Waals surface area (Å²) in [7, 11) is -4.14. The van der Waals surface area contributed by atoms with E-state index in [-0.39, 0.29) is 17.3 Å². The number of hydrogen-bond donors (Lipinski definition) is 1. The van der Waals surface area contributed by atoms with E-state index in [4.69, 9.17) is 11.6 Å². The average Bonchev–Trinajstić information content (AvgIpc) is 2.93. The van der Waals surface area contributed by atoms with Gasteiger partial charge in [-0.2, -0.15) is 0 Å². The first-order valence-corrected chi connectivity index (χ1v) is 15.4. The summed E-state index contributed by atoms with van der Waals surface area (Å²) < 4.78 is 29.1. The summed E-state index contributed by atoms with van der Waals surface area (Å²) >= 11 is 6.18. The summed E-state index contributed by atoms with van der Waals surface area (Å²) in [5.41, 5.74) is 2.71. The van der Waals surface area contributed by atoms with Crippen molar-refractivity contribution in [3.05, 3.63) is 94.5 Å². The molecule has 3 aromatic rings. The van der Waals surface area contributed by atoms with Gasteiger partial charge in [-0.05, 0) is 68.1 Å². The maximum Gasteiger partial charge on any atom is 0.264 e. The second-order valence-electron chi connectivity index (χ2n) is 9.83. The summed E-state index contributed by atoms with van der Waals surface area (Å²) in [4.78, 5) is 28.9. The molecular formula is C31H38ClN3O4S. The predicted octanol–water partition coefficient (Wildman–Crippen LogP) is 5.88. The molecule has 3 rings (SSSR count). The number of benzene rings is 3. The Hall–Kier alpha value is -3.36. The topological polar surface area (TPSA) is 86.8 Å². The van der Waals surface area contributed by atoms with E-state index in [2.05, 4.69) is 5.32 Å². The molecule has 0 saturated heterocycles. The first kappa shape index (κ1) is 31.2. The van der Waals surface area contributed by atoms with Crippen molar-refractivity contribution in [2.24, 2.45) is 0 Å². The molecular weight excluding hydrogens is 546 g/mol. The number of amides is 2. The van der Waals surface area contributed by atoms with Gasteiger partial charge in [-0.1, -0.05) is 79.9 Å². The van der Waals surface area contributed by atoms with Crippen molar-refractivity contribution in [1.29, 1.82) is 0 Å². The van der Waals surface area contributed by atoms with E-state index >= 15 is 0 Å². The summed E-state index contributed by atoms with van der Waals surface area (Å²) in [6, 6.07) is 20.0. The van der Waals surface area contributed by atoms with Crippen molar-refractivity contribution in [1.82, 2.24) is 10.2 Å². The highest BCUT2D eigenvalue weighted by atomic mass is 35.5.